The zero-order valence-electron chi connectivity index (χ0n) is 9.91. The van der Waals surface area contributed by atoms with Crippen molar-refractivity contribution in [2.24, 2.45) is 0 Å². The first-order chi connectivity index (χ1) is 8.51. The molecule has 6 nitrogen and oxygen atoms in total. The molecule has 0 spiro atoms. The summed E-state index contributed by atoms with van der Waals surface area (Å²) < 4.78 is 28.3. The van der Waals surface area contributed by atoms with Crippen LogP contribution in [0, 0.1) is 0 Å². The lowest BCUT2D eigenvalue weighted by atomic mass is 10.3. The van der Waals surface area contributed by atoms with Crippen LogP contribution < -0.4 is 5.73 Å². The van der Waals surface area contributed by atoms with E-state index in [-0.39, 0.29) is 16.9 Å². The second-order valence-corrected chi connectivity index (χ2v) is 7.14. The second kappa shape index (κ2) is 3.94. The fourth-order valence-corrected chi connectivity index (χ4v) is 5.07. The van der Waals surface area contributed by atoms with Gasteiger partial charge < -0.3 is 5.73 Å². The van der Waals surface area contributed by atoms with Crippen LogP contribution in [-0.2, 0) is 10.0 Å². The van der Waals surface area contributed by atoms with Gasteiger partial charge in [-0.3, -0.25) is 4.40 Å². The third-order valence-corrected chi connectivity index (χ3v) is 6.10. The molecule has 1 fully saturated rings. The van der Waals surface area contributed by atoms with Gasteiger partial charge >= 0.3 is 0 Å². The number of nitrogens with zero attached hydrogens (tertiary/aromatic N) is 3. The number of rotatable bonds is 2. The number of sulfonamides is 1. The van der Waals surface area contributed by atoms with Crippen molar-refractivity contribution < 1.29 is 8.42 Å². The average Bonchev–Trinajstić information content (AvgIpc) is 2.92. The smallest absolute Gasteiger partial charge is 0.263 e. The fraction of sp³-hybridized carbons (Fsp3) is 0.500. The van der Waals surface area contributed by atoms with Crippen LogP contribution in [0.2, 0.25) is 0 Å². The minimum absolute atomic E-state index is 0.0265. The molecular formula is C10H14N4O2S2. The molecule has 1 unspecified atom stereocenters. The number of anilines is 1. The van der Waals surface area contributed by atoms with Gasteiger partial charge in [-0.2, -0.15) is 4.31 Å². The Morgan fingerprint density at radius 3 is 3.00 bits per heavy atom. The lowest BCUT2D eigenvalue weighted by Gasteiger charge is -2.20. The summed E-state index contributed by atoms with van der Waals surface area (Å²) in [6, 6.07) is 0.0265. The van der Waals surface area contributed by atoms with Gasteiger partial charge in [-0.25, -0.2) is 13.4 Å². The highest BCUT2D eigenvalue weighted by atomic mass is 32.2. The first-order valence-corrected chi connectivity index (χ1v) is 8.06. The van der Waals surface area contributed by atoms with Gasteiger partial charge in [-0.1, -0.05) is 0 Å². The van der Waals surface area contributed by atoms with Crippen molar-refractivity contribution in [3.05, 3.63) is 11.6 Å². The molecule has 2 N–H and O–H groups in total. The first-order valence-electron chi connectivity index (χ1n) is 5.74. The van der Waals surface area contributed by atoms with Crippen LogP contribution in [0.1, 0.15) is 19.8 Å². The van der Waals surface area contributed by atoms with E-state index >= 15 is 0 Å². The Morgan fingerprint density at radius 2 is 2.33 bits per heavy atom. The highest BCUT2D eigenvalue weighted by molar-refractivity contribution is 7.89. The van der Waals surface area contributed by atoms with E-state index in [9.17, 15) is 8.42 Å². The highest BCUT2D eigenvalue weighted by Crippen LogP contribution is 2.30. The third kappa shape index (κ3) is 1.56. The van der Waals surface area contributed by atoms with E-state index < -0.39 is 10.0 Å². The van der Waals surface area contributed by atoms with E-state index in [1.165, 1.54) is 15.6 Å². The molecule has 1 atom stereocenters. The van der Waals surface area contributed by atoms with Gasteiger partial charge in [-0.05, 0) is 19.8 Å². The molecule has 0 aromatic carbocycles. The molecule has 0 bridgehead atoms. The summed E-state index contributed by atoms with van der Waals surface area (Å²) in [6.07, 6.45) is 3.48. The maximum atomic E-state index is 12.6. The van der Waals surface area contributed by atoms with Crippen molar-refractivity contribution in [3.63, 3.8) is 0 Å². The quantitative estimate of drug-likeness (QED) is 0.898. The molecule has 3 rings (SSSR count). The number of hydrogen-bond acceptors (Lipinski definition) is 5. The van der Waals surface area contributed by atoms with Crippen molar-refractivity contribution in [2.75, 3.05) is 12.3 Å². The molecule has 2 aromatic rings. The molecular weight excluding hydrogens is 272 g/mol. The van der Waals surface area contributed by atoms with Crippen LogP contribution in [0.25, 0.3) is 4.96 Å². The molecule has 1 aliphatic rings. The summed E-state index contributed by atoms with van der Waals surface area (Å²) in [6.45, 7) is 2.48. The second-order valence-electron chi connectivity index (χ2n) is 4.46. The van der Waals surface area contributed by atoms with E-state index in [1.54, 1.807) is 16.0 Å². The molecule has 3 heterocycles. The summed E-state index contributed by atoms with van der Waals surface area (Å²) in [7, 11) is -3.56. The molecule has 1 aliphatic heterocycles. The molecule has 0 amide bonds. The molecule has 98 valence electrons. The Balaban J connectivity index is 2.18. The third-order valence-electron chi connectivity index (χ3n) is 3.29. The van der Waals surface area contributed by atoms with Crippen molar-refractivity contribution in [3.8, 4) is 0 Å². The minimum atomic E-state index is -3.56. The van der Waals surface area contributed by atoms with Gasteiger partial charge in [0, 0.05) is 24.2 Å². The lowest BCUT2D eigenvalue weighted by molar-refractivity contribution is 0.406. The monoisotopic (exact) mass is 286 g/mol. The predicted octanol–water partition coefficient (Wildman–Crippen LogP) is 1.15. The Morgan fingerprint density at radius 1 is 1.56 bits per heavy atom. The van der Waals surface area contributed by atoms with Crippen LogP contribution in [-0.4, -0.2) is 34.7 Å². The van der Waals surface area contributed by atoms with Crippen LogP contribution in [0.5, 0.6) is 0 Å². The van der Waals surface area contributed by atoms with Crippen LogP contribution >= 0.6 is 11.3 Å². The zero-order chi connectivity index (χ0) is 12.9. The van der Waals surface area contributed by atoms with E-state index in [2.05, 4.69) is 4.98 Å². The van der Waals surface area contributed by atoms with Crippen molar-refractivity contribution in [1.29, 1.82) is 0 Å². The molecule has 18 heavy (non-hydrogen) atoms. The number of nitrogen functional groups attached to an aromatic ring is 1. The van der Waals surface area contributed by atoms with E-state index in [0.717, 1.165) is 12.8 Å². The summed E-state index contributed by atoms with van der Waals surface area (Å²) in [5.41, 5.74) is 5.77. The van der Waals surface area contributed by atoms with E-state index in [1.807, 2.05) is 6.92 Å². The van der Waals surface area contributed by atoms with Crippen LogP contribution in [0.3, 0.4) is 0 Å². The van der Waals surface area contributed by atoms with Gasteiger partial charge in [0.25, 0.3) is 10.0 Å². The van der Waals surface area contributed by atoms with E-state index in [4.69, 9.17) is 5.73 Å². The minimum Gasteiger partial charge on any atom is -0.381 e. The van der Waals surface area contributed by atoms with Gasteiger partial charge in [0.2, 0.25) is 0 Å². The standard InChI is InChI=1S/C10H14N4O2S2/c1-7-3-2-4-14(7)18(15,16)9-8(11)12-10-13(9)5-6-17-10/h5-7H,2-4,11H2,1H3. The summed E-state index contributed by atoms with van der Waals surface area (Å²) in [5.74, 6) is 0.0842. The maximum absolute atomic E-state index is 12.6. The average molecular weight is 286 g/mol. The Hall–Kier alpha value is -1.12. The topological polar surface area (TPSA) is 80.7 Å². The highest BCUT2D eigenvalue weighted by Gasteiger charge is 2.36. The molecule has 1 saturated heterocycles. The summed E-state index contributed by atoms with van der Waals surface area (Å²) in [5, 5.41) is 1.90. The lowest BCUT2D eigenvalue weighted by Crippen LogP contribution is -2.34. The van der Waals surface area contributed by atoms with Crippen molar-refractivity contribution in [1.82, 2.24) is 13.7 Å². The maximum Gasteiger partial charge on any atom is 0.263 e. The normalized spacial score (nSPS) is 21.9. The molecule has 2 aromatic heterocycles. The zero-order valence-corrected chi connectivity index (χ0v) is 11.5. The van der Waals surface area contributed by atoms with Gasteiger partial charge in [0.15, 0.2) is 15.8 Å². The molecule has 8 heteroatoms. The number of aromatic nitrogens is 2. The largest absolute Gasteiger partial charge is 0.381 e. The number of thiazole rings is 1. The van der Waals surface area contributed by atoms with Gasteiger partial charge in [-0.15, -0.1) is 11.3 Å². The Labute approximate surface area is 109 Å². The van der Waals surface area contributed by atoms with Crippen molar-refractivity contribution >= 4 is 32.1 Å². The van der Waals surface area contributed by atoms with Gasteiger partial charge in [0.05, 0.1) is 0 Å². The first kappa shape index (κ1) is 11.9. The predicted molar refractivity (Wildman–Crippen MR) is 70.1 cm³/mol. The van der Waals surface area contributed by atoms with Crippen LogP contribution in [0.15, 0.2) is 16.6 Å². The SMILES string of the molecule is CC1CCCN1S(=O)(=O)c1c(N)nc2sccn12. The summed E-state index contributed by atoms with van der Waals surface area (Å²) in [4.78, 5) is 4.70. The fourth-order valence-electron chi connectivity index (χ4n) is 2.41. The van der Waals surface area contributed by atoms with Gasteiger partial charge in [0.1, 0.15) is 0 Å². The molecule has 0 radical (unpaired) electrons. The van der Waals surface area contributed by atoms with E-state index in [0.29, 0.717) is 11.5 Å². The number of fused-ring (bicyclic) bond motifs is 1. The number of imidazole rings is 1. The number of nitrogens with two attached hydrogens (primary N) is 1. The summed E-state index contributed by atoms with van der Waals surface area (Å²) >= 11 is 1.37. The molecule has 0 aliphatic carbocycles. The molecule has 0 saturated carbocycles. The Kier molecular flexibility index (Phi) is 2.61. The van der Waals surface area contributed by atoms with Crippen LogP contribution in [0.4, 0.5) is 5.82 Å². The number of hydrogen-bond donors (Lipinski definition) is 1. The van der Waals surface area contributed by atoms with Crippen molar-refractivity contribution in [2.45, 2.75) is 30.8 Å². The Bertz CT molecular complexity index is 688.